The molecule has 1 aromatic carbocycles. The first-order valence-corrected chi connectivity index (χ1v) is 9.83. The average Bonchev–Trinajstić information content (AvgIpc) is 2.36. The molecular formula is C11H14Br3NO2S. The van der Waals surface area contributed by atoms with Crippen LogP contribution < -0.4 is 4.72 Å². The minimum Gasteiger partial charge on any atom is -0.207 e. The molecule has 0 heterocycles. The third-order valence-corrected chi connectivity index (χ3v) is 7.40. The molecule has 0 spiro atoms. The Morgan fingerprint density at radius 3 is 2.22 bits per heavy atom. The van der Waals surface area contributed by atoms with E-state index in [9.17, 15) is 8.42 Å². The lowest BCUT2D eigenvalue weighted by Crippen LogP contribution is -2.50. The number of hydrogen-bond acceptors (Lipinski definition) is 2. The molecule has 0 aliphatic carbocycles. The summed E-state index contributed by atoms with van der Waals surface area (Å²) in [5, 5.41) is 1.09. The Labute approximate surface area is 133 Å². The molecule has 0 fully saturated rings. The molecule has 18 heavy (non-hydrogen) atoms. The fourth-order valence-electron chi connectivity index (χ4n) is 1.35. The van der Waals surface area contributed by atoms with Gasteiger partial charge in [0.05, 0.1) is 10.4 Å². The highest BCUT2D eigenvalue weighted by Crippen LogP contribution is 2.25. The monoisotopic (exact) mass is 461 g/mol. The molecule has 0 radical (unpaired) electrons. The summed E-state index contributed by atoms with van der Waals surface area (Å²) in [5.41, 5.74) is -0.520. The molecule has 7 heteroatoms. The maximum Gasteiger partial charge on any atom is 0.242 e. The largest absolute Gasteiger partial charge is 0.242 e. The van der Waals surface area contributed by atoms with Crippen LogP contribution in [0.5, 0.6) is 0 Å². The van der Waals surface area contributed by atoms with Crippen molar-refractivity contribution < 1.29 is 8.42 Å². The third-order valence-electron chi connectivity index (χ3n) is 2.67. The van der Waals surface area contributed by atoms with E-state index in [1.165, 1.54) is 0 Å². The maximum absolute atomic E-state index is 12.4. The molecule has 3 nitrogen and oxygen atoms in total. The van der Waals surface area contributed by atoms with Crippen LogP contribution in [0.2, 0.25) is 0 Å². The van der Waals surface area contributed by atoms with Crippen molar-refractivity contribution >= 4 is 57.8 Å². The lowest BCUT2D eigenvalue weighted by atomic mass is 10.0. The summed E-state index contributed by atoms with van der Waals surface area (Å²) in [5.74, 6) is 0. The second-order valence-electron chi connectivity index (χ2n) is 3.94. The minimum atomic E-state index is -3.54. The second-order valence-corrected chi connectivity index (χ2v) is 7.56. The molecule has 0 unspecified atom stereocenters. The van der Waals surface area contributed by atoms with Crippen LogP contribution in [-0.2, 0) is 10.0 Å². The standard InChI is InChI=1S/C11H14Br3NO2S/c1-2-11(7-12,8-13)15-18(16,17)10-6-4-3-5-9(10)14/h3-6,15H,2,7-8H2,1H3. The molecule has 102 valence electrons. The molecule has 1 rings (SSSR count). The van der Waals surface area contributed by atoms with Gasteiger partial charge in [0.25, 0.3) is 0 Å². The predicted molar refractivity (Wildman–Crippen MR) is 85.1 cm³/mol. The van der Waals surface area contributed by atoms with E-state index in [0.29, 0.717) is 21.6 Å². The van der Waals surface area contributed by atoms with Crippen LogP contribution in [0.15, 0.2) is 33.6 Å². The van der Waals surface area contributed by atoms with Crippen LogP contribution in [0.25, 0.3) is 0 Å². The first kappa shape index (κ1) is 16.6. The van der Waals surface area contributed by atoms with E-state index in [2.05, 4.69) is 52.5 Å². The van der Waals surface area contributed by atoms with Gasteiger partial charge >= 0.3 is 0 Å². The SMILES string of the molecule is CCC(CBr)(CBr)NS(=O)(=O)c1ccccc1Br. The molecule has 0 amide bonds. The molecule has 0 aliphatic rings. The molecule has 1 aromatic rings. The summed E-state index contributed by atoms with van der Waals surface area (Å²) in [7, 11) is -3.54. The van der Waals surface area contributed by atoms with Crippen molar-refractivity contribution in [2.75, 3.05) is 10.7 Å². The fraction of sp³-hybridized carbons (Fsp3) is 0.455. The highest BCUT2D eigenvalue weighted by Gasteiger charge is 2.32. The van der Waals surface area contributed by atoms with E-state index < -0.39 is 15.6 Å². The quantitative estimate of drug-likeness (QED) is 0.654. The van der Waals surface area contributed by atoms with E-state index in [-0.39, 0.29) is 4.90 Å². The van der Waals surface area contributed by atoms with Gasteiger partial charge in [-0.2, -0.15) is 0 Å². The normalized spacial score (nSPS) is 12.7. The summed E-state index contributed by atoms with van der Waals surface area (Å²) in [6, 6.07) is 6.78. The van der Waals surface area contributed by atoms with Crippen LogP contribution in [0, 0.1) is 0 Å². The van der Waals surface area contributed by atoms with E-state index in [1.807, 2.05) is 6.92 Å². The molecule has 0 saturated carbocycles. The minimum absolute atomic E-state index is 0.254. The molecule has 0 aliphatic heterocycles. The number of sulfonamides is 1. The zero-order valence-electron chi connectivity index (χ0n) is 9.79. The van der Waals surface area contributed by atoms with E-state index in [4.69, 9.17) is 0 Å². The Hall–Kier alpha value is 0.570. The molecular weight excluding hydrogens is 450 g/mol. The van der Waals surface area contributed by atoms with Crippen LogP contribution in [-0.4, -0.2) is 24.6 Å². The van der Waals surface area contributed by atoms with Crippen molar-refractivity contribution in [2.24, 2.45) is 0 Å². The number of nitrogens with one attached hydrogen (secondary N) is 1. The molecule has 0 aromatic heterocycles. The Balaban J connectivity index is 3.13. The highest BCUT2D eigenvalue weighted by atomic mass is 79.9. The maximum atomic E-state index is 12.4. The van der Waals surface area contributed by atoms with Gasteiger partial charge in [0, 0.05) is 15.1 Å². The van der Waals surface area contributed by atoms with Gasteiger partial charge in [0.15, 0.2) is 0 Å². The second kappa shape index (κ2) is 6.83. The van der Waals surface area contributed by atoms with E-state index in [1.54, 1.807) is 24.3 Å². The van der Waals surface area contributed by atoms with Crippen molar-refractivity contribution in [3.8, 4) is 0 Å². The summed E-state index contributed by atoms with van der Waals surface area (Å²) in [6.07, 6.45) is 0.688. The lowest BCUT2D eigenvalue weighted by Gasteiger charge is -2.29. The van der Waals surface area contributed by atoms with Gasteiger partial charge in [-0.3, -0.25) is 0 Å². The van der Waals surface area contributed by atoms with Gasteiger partial charge in [-0.25, -0.2) is 13.1 Å². The summed E-state index contributed by atoms with van der Waals surface area (Å²) in [6.45, 7) is 1.95. The van der Waals surface area contributed by atoms with E-state index in [0.717, 1.165) is 0 Å². The van der Waals surface area contributed by atoms with Gasteiger partial charge in [-0.1, -0.05) is 50.9 Å². The Kier molecular flexibility index (Phi) is 6.31. The molecule has 0 atom stereocenters. The van der Waals surface area contributed by atoms with Crippen LogP contribution in [0.4, 0.5) is 0 Å². The fourth-order valence-corrected chi connectivity index (χ4v) is 6.20. The smallest absolute Gasteiger partial charge is 0.207 e. The van der Waals surface area contributed by atoms with Gasteiger partial charge in [-0.15, -0.1) is 0 Å². The number of halogens is 3. The van der Waals surface area contributed by atoms with Gasteiger partial charge in [0.2, 0.25) is 10.0 Å². The number of rotatable bonds is 6. The van der Waals surface area contributed by atoms with Gasteiger partial charge in [-0.05, 0) is 34.5 Å². The number of alkyl halides is 2. The van der Waals surface area contributed by atoms with Crippen LogP contribution in [0.3, 0.4) is 0 Å². The van der Waals surface area contributed by atoms with Crippen molar-refractivity contribution in [1.29, 1.82) is 0 Å². The Morgan fingerprint density at radius 1 is 1.22 bits per heavy atom. The van der Waals surface area contributed by atoms with Crippen molar-refractivity contribution in [3.63, 3.8) is 0 Å². The zero-order valence-corrected chi connectivity index (χ0v) is 15.4. The predicted octanol–water partition coefficient (Wildman–Crippen LogP) is 3.67. The van der Waals surface area contributed by atoms with Crippen LogP contribution in [0.1, 0.15) is 13.3 Å². The third kappa shape index (κ3) is 3.79. The summed E-state index contributed by atoms with van der Waals surface area (Å²) >= 11 is 10.00. The molecule has 1 N–H and O–H groups in total. The summed E-state index contributed by atoms with van der Waals surface area (Å²) in [4.78, 5) is 0.254. The first-order valence-electron chi connectivity index (χ1n) is 5.31. The van der Waals surface area contributed by atoms with Crippen molar-refractivity contribution in [3.05, 3.63) is 28.7 Å². The van der Waals surface area contributed by atoms with Crippen molar-refractivity contribution in [1.82, 2.24) is 4.72 Å². The van der Waals surface area contributed by atoms with Crippen LogP contribution >= 0.6 is 47.8 Å². The van der Waals surface area contributed by atoms with Gasteiger partial charge in [0.1, 0.15) is 0 Å². The highest BCUT2D eigenvalue weighted by molar-refractivity contribution is 9.10. The number of benzene rings is 1. The summed E-state index contributed by atoms with van der Waals surface area (Å²) < 4.78 is 28.0. The average molecular weight is 464 g/mol. The van der Waals surface area contributed by atoms with Crippen molar-refractivity contribution in [2.45, 2.75) is 23.8 Å². The lowest BCUT2D eigenvalue weighted by molar-refractivity contribution is 0.459. The molecule has 0 bridgehead atoms. The van der Waals surface area contributed by atoms with E-state index >= 15 is 0 Å². The topological polar surface area (TPSA) is 46.2 Å². The number of hydrogen-bond donors (Lipinski definition) is 1. The Bertz CT molecular complexity index is 493. The van der Waals surface area contributed by atoms with Gasteiger partial charge < -0.3 is 0 Å². The molecule has 0 saturated heterocycles. The Morgan fingerprint density at radius 2 is 1.78 bits per heavy atom. The zero-order chi connectivity index (χ0) is 13.8. The first-order chi connectivity index (χ1) is 8.40.